The lowest BCUT2D eigenvalue weighted by Crippen LogP contribution is -2.32. The van der Waals surface area contributed by atoms with E-state index in [1.165, 1.54) is 0 Å². The van der Waals surface area contributed by atoms with Gasteiger partial charge in [-0.15, -0.1) is 0 Å². The number of hydrogen-bond donors (Lipinski definition) is 3. The van der Waals surface area contributed by atoms with Crippen molar-refractivity contribution in [3.63, 3.8) is 0 Å². The van der Waals surface area contributed by atoms with E-state index in [-0.39, 0.29) is 12.5 Å². The van der Waals surface area contributed by atoms with Crippen LogP contribution in [0.5, 0.6) is 0 Å². The number of hydrogen-bond acceptors (Lipinski definition) is 3. The number of nitrogens with zero attached hydrogens (tertiary/aromatic N) is 1. The number of benzene rings is 1. The summed E-state index contributed by atoms with van der Waals surface area (Å²) in [5.41, 5.74) is 7.64. The molecule has 0 saturated heterocycles. The van der Waals surface area contributed by atoms with E-state index in [0.717, 1.165) is 5.56 Å². The van der Waals surface area contributed by atoms with Gasteiger partial charge in [0.25, 0.3) is 5.91 Å². The summed E-state index contributed by atoms with van der Waals surface area (Å²) in [5.74, 6) is -0.244. The molecule has 0 spiro atoms. The van der Waals surface area contributed by atoms with Crippen LogP contribution < -0.4 is 11.1 Å². The Balaban J connectivity index is 2.17. The van der Waals surface area contributed by atoms with Crippen LogP contribution >= 0.6 is 0 Å². The van der Waals surface area contributed by atoms with E-state index < -0.39 is 6.04 Å². The Bertz CT molecular complexity index is 578. The summed E-state index contributed by atoms with van der Waals surface area (Å²) >= 11 is 0. The highest BCUT2D eigenvalue weighted by atomic mass is 16.3. The zero-order valence-electron chi connectivity index (χ0n) is 11.4. The number of nitrogens with two attached hydrogens (primary N) is 1. The summed E-state index contributed by atoms with van der Waals surface area (Å²) in [5, 5.41) is 12.3. The number of aromatic nitrogens is 1. The van der Waals surface area contributed by atoms with Crippen LogP contribution in [-0.2, 0) is 6.54 Å². The number of carbonyl (C=O) groups is 1. The van der Waals surface area contributed by atoms with Gasteiger partial charge >= 0.3 is 0 Å². The second-order valence-corrected chi connectivity index (χ2v) is 4.56. The molecule has 0 fully saturated rings. The van der Waals surface area contributed by atoms with Crippen molar-refractivity contribution in [2.75, 3.05) is 12.3 Å². The first-order valence-electron chi connectivity index (χ1n) is 6.58. The fourth-order valence-electron chi connectivity index (χ4n) is 2.14. The maximum absolute atomic E-state index is 12.3. The molecule has 106 valence electrons. The van der Waals surface area contributed by atoms with E-state index in [9.17, 15) is 9.90 Å². The van der Waals surface area contributed by atoms with Crippen molar-refractivity contribution in [3.05, 3.63) is 53.9 Å². The van der Waals surface area contributed by atoms with Crippen LogP contribution in [0.3, 0.4) is 0 Å². The molecule has 2 rings (SSSR count). The third kappa shape index (κ3) is 3.00. The lowest BCUT2D eigenvalue weighted by Gasteiger charge is -2.17. The summed E-state index contributed by atoms with van der Waals surface area (Å²) in [6, 6.07) is 10.6. The van der Waals surface area contributed by atoms with Gasteiger partial charge in [0.05, 0.1) is 18.3 Å². The van der Waals surface area contributed by atoms with Crippen LogP contribution in [0.1, 0.15) is 29.0 Å². The van der Waals surface area contributed by atoms with Crippen LogP contribution in [0.25, 0.3) is 0 Å². The van der Waals surface area contributed by atoms with Crippen molar-refractivity contribution in [3.8, 4) is 0 Å². The fourth-order valence-corrected chi connectivity index (χ4v) is 2.14. The minimum Gasteiger partial charge on any atom is -0.397 e. The third-order valence-electron chi connectivity index (χ3n) is 3.18. The monoisotopic (exact) mass is 273 g/mol. The normalized spacial score (nSPS) is 12.1. The average molecular weight is 273 g/mol. The summed E-state index contributed by atoms with van der Waals surface area (Å²) < 4.78 is 1.78. The quantitative estimate of drug-likeness (QED) is 0.773. The van der Waals surface area contributed by atoms with Crippen LogP contribution in [-0.4, -0.2) is 22.2 Å². The molecule has 0 aliphatic heterocycles. The Labute approximate surface area is 118 Å². The van der Waals surface area contributed by atoms with Gasteiger partial charge in [-0.2, -0.15) is 0 Å². The van der Waals surface area contributed by atoms with Crippen molar-refractivity contribution in [2.45, 2.75) is 19.5 Å². The Kier molecular flexibility index (Phi) is 4.42. The number of carbonyl (C=O) groups excluding carboxylic acids is 1. The van der Waals surface area contributed by atoms with Crippen molar-refractivity contribution in [1.29, 1.82) is 0 Å². The molecule has 0 bridgehead atoms. The van der Waals surface area contributed by atoms with Crippen molar-refractivity contribution < 1.29 is 9.90 Å². The van der Waals surface area contributed by atoms with Crippen molar-refractivity contribution in [1.82, 2.24) is 9.88 Å². The van der Waals surface area contributed by atoms with Gasteiger partial charge in [0.1, 0.15) is 5.69 Å². The molecule has 5 heteroatoms. The Morgan fingerprint density at radius 1 is 1.40 bits per heavy atom. The van der Waals surface area contributed by atoms with E-state index >= 15 is 0 Å². The molecule has 20 heavy (non-hydrogen) atoms. The zero-order chi connectivity index (χ0) is 14.5. The molecule has 1 aromatic heterocycles. The Hall–Kier alpha value is -2.27. The molecule has 5 nitrogen and oxygen atoms in total. The molecule has 1 heterocycles. The van der Waals surface area contributed by atoms with E-state index in [1.54, 1.807) is 16.8 Å². The van der Waals surface area contributed by atoms with Gasteiger partial charge in [0, 0.05) is 12.7 Å². The topological polar surface area (TPSA) is 80.3 Å². The highest BCUT2D eigenvalue weighted by molar-refractivity contribution is 5.94. The fraction of sp³-hybridized carbons (Fsp3) is 0.267. The SMILES string of the molecule is CCn1cc(N)cc1C(=O)NC(CO)c1ccccc1. The van der Waals surface area contributed by atoms with E-state index in [4.69, 9.17) is 5.73 Å². The highest BCUT2D eigenvalue weighted by Crippen LogP contribution is 2.15. The van der Waals surface area contributed by atoms with Gasteiger partial charge in [0.2, 0.25) is 0 Å². The lowest BCUT2D eigenvalue weighted by atomic mass is 10.1. The second-order valence-electron chi connectivity index (χ2n) is 4.56. The summed E-state index contributed by atoms with van der Waals surface area (Å²) in [6.07, 6.45) is 1.73. The second kappa shape index (κ2) is 6.25. The third-order valence-corrected chi connectivity index (χ3v) is 3.18. The summed E-state index contributed by atoms with van der Waals surface area (Å²) in [6.45, 7) is 2.45. The molecule has 4 N–H and O–H groups in total. The van der Waals surface area contributed by atoms with Gasteiger partial charge in [0.15, 0.2) is 0 Å². The van der Waals surface area contributed by atoms with Gasteiger partial charge < -0.3 is 20.7 Å². The summed E-state index contributed by atoms with van der Waals surface area (Å²) in [7, 11) is 0. The number of anilines is 1. The number of aliphatic hydroxyl groups is 1. The molecule has 0 saturated carbocycles. The number of aliphatic hydroxyl groups excluding tert-OH is 1. The Morgan fingerprint density at radius 3 is 2.70 bits per heavy atom. The zero-order valence-corrected chi connectivity index (χ0v) is 11.4. The molecular formula is C15H19N3O2. The first-order valence-corrected chi connectivity index (χ1v) is 6.58. The van der Waals surface area contributed by atoms with E-state index in [1.807, 2.05) is 37.3 Å². The van der Waals surface area contributed by atoms with Gasteiger partial charge in [-0.05, 0) is 18.6 Å². The molecule has 1 amide bonds. The van der Waals surface area contributed by atoms with Crippen LogP contribution in [0, 0.1) is 0 Å². The lowest BCUT2D eigenvalue weighted by molar-refractivity contribution is 0.0907. The van der Waals surface area contributed by atoms with Crippen LogP contribution in [0.2, 0.25) is 0 Å². The number of rotatable bonds is 5. The molecule has 1 unspecified atom stereocenters. The highest BCUT2D eigenvalue weighted by Gasteiger charge is 2.17. The first kappa shape index (κ1) is 14.1. The maximum atomic E-state index is 12.3. The number of amides is 1. The predicted molar refractivity (Wildman–Crippen MR) is 78.3 cm³/mol. The smallest absolute Gasteiger partial charge is 0.268 e. The van der Waals surface area contributed by atoms with Gasteiger partial charge in [-0.1, -0.05) is 30.3 Å². The van der Waals surface area contributed by atoms with Crippen molar-refractivity contribution >= 4 is 11.6 Å². The summed E-state index contributed by atoms with van der Waals surface area (Å²) in [4.78, 5) is 12.3. The minimum atomic E-state index is -0.426. The Morgan fingerprint density at radius 2 is 2.10 bits per heavy atom. The maximum Gasteiger partial charge on any atom is 0.268 e. The van der Waals surface area contributed by atoms with Gasteiger partial charge in [-0.25, -0.2) is 0 Å². The number of nitrogen functional groups attached to an aromatic ring is 1. The van der Waals surface area contributed by atoms with E-state index in [0.29, 0.717) is 17.9 Å². The van der Waals surface area contributed by atoms with Crippen LogP contribution in [0.4, 0.5) is 5.69 Å². The van der Waals surface area contributed by atoms with Gasteiger partial charge in [-0.3, -0.25) is 4.79 Å². The number of nitrogens with one attached hydrogen (secondary N) is 1. The first-order chi connectivity index (χ1) is 9.65. The molecule has 2 aromatic rings. The molecule has 1 atom stereocenters. The van der Waals surface area contributed by atoms with E-state index in [2.05, 4.69) is 5.32 Å². The molecule has 0 aliphatic rings. The molecule has 0 aliphatic carbocycles. The standard InChI is InChI=1S/C15H19N3O2/c1-2-18-9-12(16)8-14(18)15(20)17-13(10-19)11-6-4-3-5-7-11/h3-9,13,19H,2,10,16H2,1H3,(H,17,20). The minimum absolute atomic E-state index is 0.155. The average Bonchev–Trinajstić information content (AvgIpc) is 2.86. The molecule has 1 aromatic carbocycles. The van der Waals surface area contributed by atoms with Crippen LogP contribution in [0.15, 0.2) is 42.6 Å². The number of aryl methyl sites for hydroxylation is 1. The van der Waals surface area contributed by atoms with Crippen molar-refractivity contribution in [2.24, 2.45) is 0 Å². The predicted octanol–water partition coefficient (Wildman–Crippen LogP) is 1.55. The molecule has 0 radical (unpaired) electrons. The largest absolute Gasteiger partial charge is 0.397 e. The molecular weight excluding hydrogens is 254 g/mol.